The van der Waals surface area contributed by atoms with Crippen molar-refractivity contribution in [2.75, 3.05) is 6.61 Å². The van der Waals surface area contributed by atoms with E-state index in [0.717, 1.165) is 16.1 Å². The molecule has 0 aliphatic carbocycles. The van der Waals surface area contributed by atoms with Crippen molar-refractivity contribution in [3.05, 3.63) is 38.9 Å². The fourth-order valence-electron chi connectivity index (χ4n) is 2.00. The summed E-state index contributed by atoms with van der Waals surface area (Å²) in [6, 6.07) is 4.92. The number of rotatable bonds is 5. The highest BCUT2D eigenvalue weighted by Gasteiger charge is 2.12. The summed E-state index contributed by atoms with van der Waals surface area (Å²) in [6.45, 7) is 9.84. The predicted octanol–water partition coefficient (Wildman–Crippen LogP) is 3.78. The summed E-state index contributed by atoms with van der Waals surface area (Å²) >= 11 is 3.45. The van der Waals surface area contributed by atoms with Crippen molar-refractivity contribution in [2.45, 2.75) is 39.3 Å². The zero-order valence-corrected chi connectivity index (χ0v) is 15.5. The number of fused-ring (bicyclic) bond motifs is 1. The molecular formula is C15H21BrN2O2Si. The van der Waals surface area contributed by atoms with Gasteiger partial charge in [-0.1, -0.05) is 19.6 Å². The van der Waals surface area contributed by atoms with Gasteiger partial charge in [0, 0.05) is 19.2 Å². The molecule has 0 N–H and O–H groups in total. The van der Waals surface area contributed by atoms with Crippen molar-refractivity contribution >= 4 is 34.9 Å². The Balaban J connectivity index is 2.19. The third kappa shape index (κ3) is 4.25. The van der Waals surface area contributed by atoms with Crippen LogP contribution in [0, 0.1) is 6.92 Å². The smallest absolute Gasteiger partial charge is 0.263 e. The summed E-state index contributed by atoms with van der Waals surface area (Å²) in [4.78, 5) is 16.8. The fraction of sp³-hybridized carbons (Fsp3) is 0.467. The Morgan fingerprint density at radius 2 is 2.05 bits per heavy atom. The highest BCUT2D eigenvalue weighted by Crippen LogP contribution is 2.21. The fourth-order valence-corrected chi connectivity index (χ4v) is 3.43. The summed E-state index contributed by atoms with van der Waals surface area (Å²) in [5.74, 6) is 0. The van der Waals surface area contributed by atoms with Crippen LogP contribution in [0.4, 0.5) is 0 Å². The van der Waals surface area contributed by atoms with Crippen molar-refractivity contribution < 1.29 is 4.74 Å². The zero-order valence-electron chi connectivity index (χ0n) is 12.9. The SMILES string of the molecule is Cc1cc(Br)c2ncn(COCC[Si](C)(C)C)c(=O)c2c1. The summed E-state index contributed by atoms with van der Waals surface area (Å²) in [6.07, 6.45) is 1.55. The Bertz CT molecular complexity index is 707. The summed E-state index contributed by atoms with van der Waals surface area (Å²) in [5.41, 5.74) is 1.67. The second kappa shape index (κ2) is 6.42. The highest BCUT2D eigenvalue weighted by molar-refractivity contribution is 9.10. The molecule has 0 saturated heterocycles. The van der Waals surface area contributed by atoms with Crippen LogP contribution in [-0.2, 0) is 11.5 Å². The average Bonchev–Trinajstić information content (AvgIpc) is 2.36. The lowest BCUT2D eigenvalue weighted by molar-refractivity contribution is 0.0844. The normalized spacial score (nSPS) is 12.0. The van der Waals surface area contributed by atoms with Gasteiger partial charge < -0.3 is 4.74 Å². The minimum atomic E-state index is -1.10. The molecule has 0 radical (unpaired) electrons. The van der Waals surface area contributed by atoms with Crippen LogP contribution in [0.2, 0.25) is 25.7 Å². The second-order valence-corrected chi connectivity index (χ2v) is 13.0. The van der Waals surface area contributed by atoms with Gasteiger partial charge in [-0.2, -0.15) is 0 Å². The van der Waals surface area contributed by atoms with Gasteiger partial charge in [-0.25, -0.2) is 4.98 Å². The van der Waals surface area contributed by atoms with Gasteiger partial charge in [0.25, 0.3) is 5.56 Å². The molecular weight excluding hydrogens is 348 g/mol. The number of benzene rings is 1. The molecule has 0 spiro atoms. The van der Waals surface area contributed by atoms with Crippen molar-refractivity contribution in [3.8, 4) is 0 Å². The molecule has 0 fully saturated rings. The van der Waals surface area contributed by atoms with E-state index >= 15 is 0 Å². The largest absolute Gasteiger partial charge is 0.361 e. The van der Waals surface area contributed by atoms with Gasteiger partial charge in [0.05, 0.1) is 10.9 Å². The first-order valence-corrected chi connectivity index (χ1v) is 11.5. The number of ether oxygens (including phenoxy) is 1. The second-order valence-electron chi connectivity index (χ2n) is 6.51. The van der Waals surface area contributed by atoms with Crippen LogP contribution >= 0.6 is 15.9 Å². The third-order valence-electron chi connectivity index (χ3n) is 3.25. The molecule has 0 unspecified atom stereocenters. The molecule has 0 saturated carbocycles. The maximum absolute atomic E-state index is 12.5. The van der Waals surface area contributed by atoms with Gasteiger partial charge >= 0.3 is 0 Å². The predicted molar refractivity (Wildman–Crippen MR) is 92.5 cm³/mol. The Morgan fingerprint density at radius 3 is 2.71 bits per heavy atom. The lowest BCUT2D eigenvalue weighted by Crippen LogP contribution is -2.25. The lowest BCUT2D eigenvalue weighted by Gasteiger charge is -2.15. The van der Waals surface area contributed by atoms with E-state index in [1.54, 1.807) is 6.33 Å². The Labute approximate surface area is 134 Å². The van der Waals surface area contributed by atoms with Crippen molar-refractivity contribution in [3.63, 3.8) is 0 Å². The van der Waals surface area contributed by atoms with Gasteiger partial charge in [0.1, 0.15) is 13.1 Å². The van der Waals surface area contributed by atoms with E-state index in [1.165, 1.54) is 4.57 Å². The molecule has 0 bridgehead atoms. The molecule has 0 aliphatic heterocycles. The van der Waals surface area contributed by atoms with E-state index < -0.39 is 8.07 Å². The van der Waals surface area contributed by atoms with Crippen molar-refractivity contribution in [1.82, 2.24) is 9.55 Å². The molecule has 0 aliphatic rings. The van der Waals surface area contributed by atoms with E-state index in [-0.39, 0.29) is 12.3 Å². The van der Waals surface area contributed by atoms with Crippen LogP contribution in [-0.4, -0.2) is 24.2 Å². The van der Waals surface area contributed by atoms with Crippen LogP contribution in [0.5, 0.6) is 0 Å². The highest BCUT2D eigenvalue weighted by atomic mass is 79.9. The van der Waals surface area contributed by atoms with Crippen molar-refractivity contribution in [2.24, 2.45) is 0 Å². The number of hydrogen-bond donors (Lipinski definition) is 0. The first kappa shape index (κ1) is 16.4. The average molecular weight is 369 g/mol. The molecule has 6 heteroatoms. The molecule has 114 valence electrons. The molecule has 1 aromatic heterocycles. The van der Waals surface area contributed by atoms with E-state index in [0.29, 0.717) is 17.5 Å². The summed E-state index contributed by atoms with van der Waals surface area (Å²) in [7, 11) is -1.10. The van der Waals surface area contributed by atoms with Crippen molar-refractivity contribution in [1.29, 1.82) is 0 Å². The number of aromatic nitrogens is 2. The number of hydrogen-bond acceptors (Lipinski definition) is 3. The maximum Gasteiger partial charge on any atom is 0.263 e. The summed E-state index contributed by atoms with van der Waals surface area (Å²) < 4.78 is 8.01. The van der Waals surface area contributed by atoms with Gasteiger partial charge in [0.15, 0.2) is 0 Å². The first-order valence-electron chi connectivity index (χ1n) is 7.01. The maximum atomic E-state index is 12.5. The van der Waals surface area contributed by atoms with Crippen LogP contribution in [0.25, 0.3) is 10.9 Å². The molecule has 2 rings (SSSR count). The Morgan fingerprint density at radius 1 is 1.33 bits per heavy atom. The molecule has 2 aromatic rings. The topological polar surface area (TPSA) is 44.1 Å². The number of nitrogens with zero attached hydrogens (tertiary/aromatic N) is 2. The standard InChI is InChI=1S/C15H21BrN2O2Si/c1-11-7-12-14(13(16)8-11)17-9-18(15(12)19)10-20-5-6-21(2,3)4/h7-9H,5-6,10H2,1-4H3. The first-order chi connectivity index (χ1) is 9.78. The van der Waals surface area contributed by atoms with E-state index in [4.69, 9.17) is 4.74 Å². The monoisotopic (exact) mass is 368 g/mol. The van der Waals surface area contributed by atoms with E-state index in [9.17, 15) is 4.79 Å². The summed E-state index contributed by atoms with van der Waals surface area (Å²) in [5, 5.41) is 0.623. The lowest BCUT2D eigenvalue weighted by atomic mass is 10.2. The van der Waals surface area contributed by atoms with E-state index in [2.05, 4.69) is 40.6 Å². The number of halogens is 1. The zero-order chi connectivity index (χ0) is 15.6. The minimum absolute atomic E-state index is 0.0580. The quantitative estimate of drug-likeness (QED) is 0.595. The molecule has 1 aromatic carbocycles. The molecule has 0 atom stereocenters. The Kier molecular flexibility index (Phi) is 5.01. The van der Waals surface area contributed by atoms with Gasteiger partial charge in [-0.15, -0.1) is 0 Å². The van der Waals surface area contributed by atoms with Crippen LogP contribution < -0.4 is 5.56 Å². The molecule has 1 heterocycles. The number of aryl methyl sites for hydroxylation is 1. The Hall–Kier alpha value is -0.983. The molecule has 0 amide bonds. The van der Waals surface area contributed by atoms with E-state index in [1.807, 2.05) is 19.1 Å². The van der Waals surface area contributed by atoms with Crippen LogP contribution in [0.1, 0.15) is 5.56 Å². The minimum Gasteiger partial charge on any atom is -0.361 e. The van der Waals surface area contributed by atoms with Gasteiger partial charge in [-0.3, -0.25) is 9.36 Å². The molecule has 4 nitrogen and oxygen atoms in total. The van der Waals surface area contributed by atoms with Crippen LogP contribution in [0.15, 0.2) is 27.7 Å². The van der Waals surface area contributed by atoms with Gasteiger partial charge in [0.2, 0.25) is 0 Å². The van der Waals surface area contributed by atoms with Gasteiger partial charge in [-0.05, 0) is 46.6 Å². The van der Waals surface area contributed by atoms with Crippen LogP contribution in [0.3, 0.4) is 0 Å². The molecule has 21 heavy (non-hydrogen) atoms. The third-order valence-corrected chi connectivity index (χ3v) is 5.56.